The van der Waals surface area contributed by atoms with Crippen molar-refractivity contribution in [2.75, 3.05) is 26.2 Å². The van der Waals surface area contributed by atoms with E-state index in [1.165, 1.54) is 0 Å². The van der Waals surface area contributed by atoms with Crippen LogP contribution in [0.3, 0.4) is 0 Å². The number of likely N-dealkylation sites (N-methyl/N-ethyl adjacent to an activating group) is 1. The average molecular weight is 396 g/mol. The number of benzene rings is 2. The molecule has 1 aromatic heterocycles. The van der Waals surface area contributed by atoms with Crippen LogP contribution in [0.15, 0.2) is 47.0 Å². The molecule has 0 fully saturated rings. The Balaban J connectivity index is 1.81. The predicted molar refractivity (Wildman–Crippen MR) is 112 cm³/mol. The molecule has 144 valence electrons. The largest absolute Gasteiger partial charge is 0.492 e. The summed E-state index contributed by atoms with van der Waals surface area (Å²) >= 11 is 6.08. The molecule has 0 aliphatic heterocycles. The summed E-state index contributed by atoms with van der Waals surface area (Å²) < 4.78 is 11.2. The van der Waals surface area contributed by atoms with E-state index in [0.29, 0.717) is 33.9 Å². The Morgan fingerprint density at radius 1 is 1.25 bits per heavy atom. The summed E-state index contributed by atoms with van der Waals surface area (Å²) in [4.78, 5) is 2.30. The van der Waals surface area contributed by atoms with Crippen LogP contribution in [-0.4, -0.2) is 36.3 Å². The third-order valence-corrected chi connectivity index (χ3v) is 4.78. The van der Waals surface area contributed by atoms with Crippen molar-refractivity contribution in [2.45, 2.75) is 13.8 Å². The van der Waals surface area contributed by atoms with Crippen LogP contribution in [0.1, 0.15) is 25.1 Å². The van der Waals surface area contributed by atoms with Crippen molar-refractivity contribution in [2.24, 2.45) is 0 Å². The fourth-order valence-electron chi connectivity index (χ4n) is 2.95. The summed E-state index contributed by atoms with van der Waals surface area (Å²) in [6.07, 6.45) is 1.77. The summed E-state index contributed by atoms with van der Waals surface area (Å²) in [5, 5.41) is 15.0. The van der Waals surface area contributed by atoms with E-state index in [4.69, 9.17) is 20.9 Å². The Hall–Kier alpha value is -2.81. The van der Waals surface area contributed by atoms with Gasteiger partial charge in [0.2, 0.25) is 0 Å². The highest BCUT2D eigenvalue weighted by Crippen LogP contribution is 2.28. The third-order valence-electron chi connectivity index (χ3n) is 4.55. The molecule has 28 heavy (non-hydrogen) atoms. The van der Waals surface area contributed by atoms with Gasteiger partial charge in [-0.2, -0.15) is 5.26 Å². The molecule has 0 saturated carbocycles. The molecule has 1 heterocycles. The first-order valence-corrected chi connectivity index (χ1v) is 9.64. The highest BCUT2D eigenvalue weighted by atomic mass is 35.5. The minimum absolute atomic E-state index is 0.404. The smallest absolute Gasteiger partial charge is 0.167 e. The average Bonchev–Trinajstić information content (AvgIpc) is 3.12. The SMILES string of the molecule is CCN(CC)CCOc1cccc(/C=C(\C#N)c2noc3ccc(Cl)cc23)c1. The molecule has 0 radical (unpaired) electrons. The van der Waals surface area contributed by atoms with Crippen LogP contribution in [0.4, 0.5) is 0 Å². The number of allylic oxidation sites excluding steroid dienone is 1. The third kappa shape index (κ3) is 4.72. The number of aromatic nitrogens is 1. The van der Waals surface area contributed by atoms with Crippen LogP contribution >= 0.6 is 11.6 Å². The highest BCUT2D eigenvalue weighted by molar-refractivity contribution is 6.31. The Morgan fingerprint density at radius 2 is 2.07 bits per heavy atom. The lowest BCUT2D eigenvalue weighted by Gasteiger charge is -2.18. The fraction of sp³-hybridized carbons (Fsp3) is 0.273. The van der Waals surface area contributed by atoms with Gasteiger partial charge in [-0.15, -0.1) is 0 Å². The molecule has 2 aromatic carbocycles. The number of halogens is 1. The maximum atomic E-state index is 9.64. The number of nitrogens with zero attached hydrogens (tertiary/aromatic N) is 3. The van der Waals surface area contributed by atoms with E-state index >= 15 is 0 Å². The molecule has 0 spiro atoms. The first-order valence-electron chi connectivity index (χ1n) is 9.27. The van der Waals surface area contributed by atoms with Crippen molar-refractivity contribution in [1.29, 1.82) is 5.26 Å². The van der Waals surface area contributed by atoms with Crippen LogP contribution in [0, 0.1) is 11.3 Å². The lowest BCUT2D eigenvalue weighted by atomic mass is 10.1. The van der Waals surface area contributed by atoms with Gasteiger partial charge in [-0.1, -0.05) is 42.7 Å². The van der Waals surface area contributed by atoms with Gasteiger partial charge in [-0.25, -0.2) is 0 Å². The van der Waals surface area contributed by atoms with E-state index in [-0.39, 0.29) is 0 Å². The van der Waals surface area contributed by atoms with E-state index in [1.807, 2.05) is 24.3 Å². The topological polar surface area (TPSA) is 62.3 Å². The van der Waals surface area contributed by atoms with Crippen molar-refractivity contribution < 1.29 is 9.26 Å². The number of hydrogen-bond acceptors (Lipinski definition) is 5. The van der Waals surface area contributed by atoms with Crippen LogP contribution in [0.2, 0.25) is 5.02 Å². The number of fused-ring (bicyclic) bond motifs is 1. The molecular weight excluding hydrogens is 374 g/mol. The Kier molecular flexibility index (Phi) is 6.70. The van der Waals surface area contributed by atoms with Crippen molar-refractivity contribution in [3.63, 3.8) is 0 Å². The van der Waals surface area contributed by atoms with Gasteiger partial charge in [-0.3, -0.25) is 0 Å². The maximum absolute atomic E-state index is 9.64. The molecule has 0 unspecified atom stereocenters. The van der Waals surface area contributed by atoms with Gasteiger partial charge in [0, 0.05) is 11.6 Å². The quantitative estimate of drug-likeness (QED) is 0.486. The Labute approximate surface area is 169 Å². The van der Waals surface area contributed by atoms with Gasteiger partial charge in [0.15, 0.2) is 5.58 Å². The van der Waals surface area contributed by atoms with Crippen LogP contribution in [0.5, 0.6) is 5.75 Å². The summed E-state index contributed by atoms with van der Waals surface area (Å²) in [6, 6.07) is 15.1. The van der Waals surface area contributed by atoms with E-state index in [9.17, 15) is 5.26 Å². The van der Waals surface area contributed by atoms with E-state index in [1.54, 1.807) is 24.3 Å². The van der Waals surface area contributed by atoms with Crippen molar-refractivity contribution in [1.82, 2.24) is 10.1 Å². The normalized spacial score (nSPS) is 11.8. The van der Waals surface area contributed by atoms with Gasteiger partial charge < -0.3 is 14.2 Å². The minimum atomic E-state index is 0.404. The van der Waals surface area contributed by atoms with Crippen LogP contribution in [-0.2, 0) is 0 Å². The summed E-state index contributed by atoms with van der Waals surface area (Å²) in [6.45, 7) is 7.78. The molecule has 0 saturated heterocycles. The Bertz CT molecular complexity index is 1020. The molecule has 0 aliphatic rings. The lowest BCUT2D eigenvalue weighted by molar-refractivity contribution is 0.223. The lowest BCUT2D eigenvalue weighted by Crippen LogP contribution is -2.27. The fourth-order valence-corrected chi connectivity index (χ4v) is 3.12. The molecule has 0 N–H and O–H groups in total. The van der Waals surface area contributed by atoms with Crippen LogP contribution in [0.25, 0.3) is 22.6 Å². The summed E-state index contributed by atoms with van der Waals surface area (Å²) in [5.74, 6) is 0.770. The number of hydrogen-bond donors (Lipinski definition) is 0. The molecule has 5 nitrogen and oxygen atoms in total. The predicted octanol–water partition coefficient (Wildman–Crippen LogP) is 5.27. The van der Waals surface area contributed by atoms with Gasteiger partial charge in [0.25, 0.3) is 0 Å². The zero-order valence-corrected chi connectivity index (χ0v) is 16.7. The van der Waals surface area contributed by atoms with Gasteiger partial charge in [0.05, 0.1) is 11.0 Å². The Morgan fingerprint density at radius 3 is 2.82 bits per heavy atom. The second-order valence-electron chi connectivity index (χ2n) is 6.29. The van der Waals surface area contributed by atoms with Gasteiger partial charge >= 0.3 is 0 Å². The summed E-state index contributed by atoms with van der Waals surface area (Å²) in [7, 11) is 0. The van der Waals surface area contributed by atoms with E-state index in [0.717, 1.165) is 30.9 Å². The highest BCUT2D eigenvalue weighted by Gasteiger charge is 2.13. The van der Waals surface area contributed by atoms with Crippen LogP contribution < -0.4 is 4.74 Å². The molecule has 3 rings (SSSR count). The van der Waals surface area contributed by atoms with Crippen molar-refractivity contribution in [3.05, 3.63) is 58.7 Å². The molecule has 0 aliphatic carbocycles. The first-order chi connectivity index (χ1) is 13.6. The zero-order chi connectivity index (χ0) is 19.9. The molecule has 6 heteroatoms. The second-order valence-corrected chi connectivity index (χ2v) is 6.73. The molecular formula is C22H22ClN3O2. The standard InChI is InChI=1S/C22H22ClN3O2/c1-3-26(4-2)10-11-27-19-7-5-6-16(13-19)12-17(15-24)22-20-14-18(23)8-9-21(20)28-25-22/h5-9,12-14H,3-4,10-11H2,1-2H3/b17-12+. The molecule has 0 bridgehead atoms. The number of nitriles is 1. The first kappa shape index (κ1) is 19.9. The van der Waals surface area contributed by atoms with Crippen molar-refractivity contribution >= 4 is 34.2 Å². The molecule has 3 aromatic rings. The second kappa shape index (κ2) is 9.41. The van der Waals surface area contributed by atoms with Crippen molar-refractivity contribution in [3.8, 4) is 11.8 Å². The minimum Gasteiger partial charge on any atom is -0.492 e. The maximum Gasteiger partial charge on any atom is 0.167 e. The molecule has 0 amide bonds. The number of rotatable bonds is 8. The summed E-state index contributed by atoms with van der Waals surface area (Å²) in [5.41, 5.74) is 2.33. The van der Waals surface area contributed by atoms with Gasteiger partial charge in [0.1, 0.15) is 24.1 Å². The zero-order valence-electron chi connectivity index (χ0n) is 16.0. The van der Waals surface area contributed by atoms with Gasteiger partial charge in [-0.05, 0) is 55.1 Å². The molecule has 0 atom stereocenters. The van der Waals surface area contributed by atoms with E-state index in [2.05, 4.69) is 30.0 Å². The number of ether oxygens (including phenoxy) is 1. The monoisotopic (exact) mass is 395 g/mol. The van der Waals surface area contributed by atoms with E-state index < -0.39 is 0 Å².